The average molecular weight is 299 g/mol. The van der Waals surface area contributed by atoms with E-state index in [1.807, 2.05) is 18.2 Å². The van der Waals surface area contributed by atoms with Crippen molar-refractivity contribution in [2.24, 2.45) is 0 Å². The van der Waals surface area contributed by atoms with Crippen LogP contribution in [0.15, 0.2) is 22.8 Å². The zero-order chi connectivity index (χ0) is 12.5. The van der Waals surface area contributed by atoms with Crippen LogP contribution >= 0.6 is 15.9 Å². The average Bonchev–Trinajstić information content (AvgIpc) is 2.29. The van der Waals surface area contributed by atoms with Crippen molar-refractivity contribution in [1.29, 1.82) is 0 Å². The number of carbonyl (C=O) groups is 1. The first-order chi connectivity index (χ1) is 8.01. The molecule has 0 spiro atoms. The number of piperidine rings is 1. The molecule has 0 radical (unpaired) electrons. The van der Waals surface area contributed by atoms with E-state index in [2.05, 4.69) is 27.8 Å². The summed E-state index contributed by atoms with van der Waals surface area (Å²) in [6.07, 6.45) is 0.820. The third-order valence-electron chi connectivity index (χ3n) is 3.47. The fourth-order valence-electron chi connectivity index (χ4n) is 2.19. The number of amides is 1. The molecule has 17 heavy (non-hydrogen) atoms. The van der Waals surface area contributed by atoms with Crippen LogP contribution in [0.3, 0.4) is 0 Å². The zero-order valence-corrected chi connectivity index (χ0v) is 11.3. The molecule has 5 heteroatoms. The Labute approximate surface area is 109 Å². The van der Waals surface area contributed by atoms with Crippen LogP contribution in [0.4, 0.5) is 4.79 Å². The first-order valence-corrected chi connectivity index (χ1v) is 6.41. The molecule has 1 saturated heterocycles. The van der Waals surface area contributed by atoms with Crippen LogP contribution in [0.1, 0.15) is 25.5 Å². The molecule has 1 fully saturated rings. The van der Waals surface area contributed by atoms with Crippen molar-refractivity contribution >= 4 is 22.0 Å². The topological polar surface area (TPSA) is 53.4 Å². The van der Waals surface area contributed by atoms with E-state index in [1.54, 1.807) is 0 Å². The molecule has 0 saturated carbocycles. The van der Waals surface area contributed by atoms with Crippen molar-refractivity contribution in [2.75, 3.05) is 13.1 Å². The molecule has 4 nitrogen and oxygen atoms in total. The van der Waals surface area contributed by atoms with Crippen LogP contribution in [-0.2, 0) is 5.41 Å². The Kier molecular flexibility index (Phi) is 3.38. The van der Waals surface area contributed by atoms with Gasteiger partial charge in [0.1, 0.15) is 4.60 Å². The Morgan fingerprint density at radius 3 is 2.65 bits per heavy atom. The molecule has 1 amide bonds. The molecule has 92 valence electrons. The Balaban J connectivity index is 2.14. The van der Waals surface area contributed by atoms with Gasteiger partial charge in [-0.25, -0.2) is 9.78 Å². The summed E-state index contributed by atoms with van der Waals surface area (Å²) in [7, 11) is 0. The van der Waals surface area contributed by atoms with Gasteiger partial charge in [-0.3, -0.25) is 0 Å². The summed E-state index contributed by atoms with van der Waals surface area (Å²) in [5.41, 5.74) is 1.02. The predicted octanol–water partition coefficient (Wildman–Crippen LogP) is 2.88. The van der Waals surface area contributed by atoms with Gasteiger partial charge in [0.15, 0.2) is 0 Å². The zero-order valence-electron chi connectivity index (χ0n) is 9.69. The molecule has 1 aliphatic heterocycles. The number of hydrogen-bond acceptors (Lipinski definition) is 2. The number of carboxylic acid groups (broad SMARTS) is 1. The van der Waals surface area contributed by atoms with E-state index in [-0.39, 0.29) is 5.41 Å². The van der Waals surface area contributed by atoms with E-state index in [1.165, 1.54) is 4.90 Å². The van der Waals surface area contributed by atoms with Gasteiger partial charge in [-0.2, -0.15) is 0 Å². The third kappa shape index (κ3) is 2.60. The van der Waals surface area contributed by atoms with Crippen LogP contribution in [-0.4, -0.2) is 34.2 Å². The fourth-order valence-corrected chi connectivity index (χ4v) is 2.54. The van der Waals surface area contributed by atoms with Gasteiger partial charge in [0.2, 0.25) is 0 Å². The second-order valence-corrected chi connectivity index (χ2v) is 5.49. The molecule has 1 aliphatic rings. The minimum Gasteiger partial charge on any atom is -0.465 e. The van der Waals surface area contributed by atoms with Crippen molar-refractivity contribution in [2.45, 2.75) is 25.2 Å². The lowest BCUT2D eigenvalue weighted by Crippen LogP contribution is -2.43. The molecule has 0 aliphatic carbocycles. The number of nitrogens with zero attached hydrogens (tertiary/aromatic N) is 2. The van der Waals surface area contributed by atoms with Crippen LogP contribution in [0.2, 0.25) is 0 Å². The Bertz CT molecular complexity index is 428. The Morgan fingerprint density at radius 2 is 2.12 bits per heavy atom. The molecule has 0 atom stereocenters. The van der Waals surface area contributed by atoms with E-state index in [0.29, 0.717) is 13.1 Å². The molecule has 2 heterocycles. The quantitative estimate of drug-likeness (QED) is 0.811. The molecular formula is C12H15BrN2O2. The summed E-state index contributed by atoms with van der Waals surface area (Å²) >= 11 is 3.37. The van der Waals surface area contributed by atoms with Crippen molar-refractivity contribution in [3.63, 3.8) is 0 Å². The second-order valence-electron chi connectivity index (χ2n) is 4.68. The van der Waals surface area contributed by atoms with E-state index in [0.717, 1.165) is 23.1 Å². The summed E-state index contributed by atoms with van der Waals surface area (Å²) in [5.74, 6) is 0. The summed E-state index contributed by atoms with van der Waals surface area (Å²) < 4.78 is 0.830. The van der Waals surface area contributed by atoms with Gasteiger partial charge >= 0.3 is 6.09 Å². The number of aromatic nitrogens is 1. The van der Waals surface area contributed by atoms with Crippen LogP contribution in [0.25, 0.3) is 0 Å². The maximum absolute atomic E-state index is 10.9. The molecule has 1 N–H and O–H groups in total. The minimum atomic E-state index is -0.825. The first-order valence-electron chi connectivity index (χ1n) is 5.62. The van der Waals surface area contributed by atoms with Gasteiger partial charge in [-0.05, 0) is 40.9 Å². The highest BCUT2D eigenvalue weighted by atomic mass is 79.9. The molecular weight excluding hydrogens is 284 g/mol. The molecule has 0 unspecified atom stereocenters. The highest BCUT2D eigenvalue weighted by Gasteiger charge is 2.34. The normalized spacial score (nSPS) is 19.1. The van der Waals surface area contributed by atoms with E-state index >= 15 is 0 Å². The van der Waals surface area contributed by atoms with Crippen LogP contribution < -0.4 is 0 Å². The van der Waals surface area contributed by atoms with Crippen molar-refractivity contribution in [3.05, 3.63) is 28.5 Å². The Hall–Kier alpha value is -1.10. The van der Waals surface area contributed by atoms with E-state index < -0.39 is 6.09 Å². The van der Waals surface area contributed by atoms with Crippen LogP contribution in [0.5, 0.6) is 0 Å². The van der Waals surface area contributed by atoms with Crippen molar-refractivity contribution < 1.29 is 9.90 Å². The van der Waals surface area contributed by atoms with Gasteiger partial charge in [0.05, 0.1) is 0 Å². The largest absolute Gasteiger partial charge is 0.465 e. The van der Waals surface area contributed by atoms with Gasteiger partial charge in [0.25, 0.3) is 0 Å². The summed E-state index contributed by atoms with van der Waals surface area (Å²) in [4.78, 5) is 16.8. The Morgan fingerprint density at radius 1 is 1.47 bits per heavy atom. The fraction of sp³-hybridized carbons (Fsp3) is 0.500. The van der Waals surface area contributed by atoms with Crippen LogP contribution in [0, 0.1) is 0 Å². The van der Waals surface area contributed by atoms with Gasteiger partial charge in [0, 0.05) is 24.2 Å². The minimum absolute atomic E-state index is 0.0181. The maximum Gasteiger partial charge on any atom is 0.407 e. The SMILES string of the molecule is CC1(c2cccc(Br)n2)CCN(C(=O)O)CC1. The van der Waals surface area contributed by atoms with Gasteiger partial charge in [-0.15, -0.1) is 0 Å². The van der Waals surface area contributed by atoms with Gasteiger partial charge < -0.3 is 10.0 Å². The second kappa shape index (κ2) is 4.64. The maximum atomic E-state index is 10.9. The predicted molar refractivity (Wildman–Crippen MR) is 68.1 cm³/mol. The number of likely N-dealkylation sites (tertiary alicyclic amines) is 1. The molecule has 1 aromatic heterocycles. The number of hydrogen-bond donors (Lipinski definition) is 1. The van der Waals surface area contributed by atoms with Gasteiger partial charge in [-0.1, -0.05) is 13.0 Å². The molecule has 0 bridgehead atoms. The monoisotopic (exact) mass is 298 g/mol. The number of pyridine rings is 1. The highest BCUT2D eigenvalue weighted by Crippen LogP contribution is 2.34. The molecule has 2 rings (SSSR count). The standard InChI is InChI=1S/C12H15BrN2O2/c1-12(9-3-2-4-10(13)14-9)5-7-15(8-6-12)11(16)17/h2-4H,5-8H2,1H3,(H,16,17). The summed E-state index contributed by atoms with van der Waals surface area (Å²) in [5, 5.41) is 8.93. The smallest absolute Gasteiger partial charge is 0.407 e. The third-order valence-corrected chi connectivity index (χ3v) is 3.91. The first kappa shape index (κ1) is 12.4. The highest BCUT2D eigenvalue weighted by molar-refractivity contribution is 9.10. The van der Waals surface area contributed by atoms with Crippen molar-refractivity contribution in [1.82, 2.24) is 9.88 Å². The number of halogens is 1. The lowest BCUT2D eigenvalue weighted by molar-refractivity contribution is 0.119. The lowest BCUT2D eigenvalue weighted by Gasteiger charge is -2.37. The van der Waals surface area contributed by atoms with Crippen molar-refractivity contribution in [3.8, 4) is 0 Å². The summed E-state index contributed by atoms with van der Waals surface area (Å²) in [6, 6.07) is 5.89. The molecule has 1 aromatic rings. The molecule has 0 aromatic carbocycles. The van der Waals surface area contributed by atoms with E-state index in [4.69, 9.17) is 5.11 Å². The van der Waals surface area contributed by atoms with E-state index in [9.17, 15) is 4.79 Å². The number of rotatable bonds is 1. The lowest BCUT2D eigenvalue weighted by atomic mass is 9.77. The summed E-state index contributed by atoms with van der Waals surface area (Å²) in [6.45, 7) is 3.32.